The second-order valence-corrected chi connectivity index (χ2v) is 5.57. The predicted molar refractivity (Wildman–Crippen MR) is 110 cm³/mol. The average Bonchev–Trinajstić information content (AvgIpc) is 3.13. The van der Waals surface area contributed by atoms with Gasteiger partial charge in [-0.25, -0.2) is 9.98 Å². The Labute approximate surface area is 182 Å². The highest BCUT2D eigenvalue weighted by molar-refractivity contribution is 14.0. The highest BCUT2D eigenvalue weighted by Gasteiger charge is 2.12. The van der Waals surface area contributed by atoms with Crippen molar-refractivity contribution in [1.82, 2.24) is 20.2 Å². The molecule has 0 aliphatic rings. The topological polar surface area (TPSA) is 83.7 Å². The largest absolute Gasteiger partial charge is 0.435 e. The molecule has 29 heavy (non-hydrogen) atoms. The summed E-state index contributed by atoms with van der Waals surface area (Å²) in [6.45, 7) is -3.30. The molecule has 2 aromatic rings. The smallest absolute Gasteiger partial charge is 0.387 e. The molecule has 0 saturated heterocycles. The maximum absolute atomic E-state index is 12.8. The minimum Gasteiger partial charge on any atom is -0.435 e. The molecule has 1 aromatic carbocycles. The maximum Gasteiger partial charge on any atom is 0.387 e. The molecule has 0 fully saturated rings. The third-order valence-electron chi connectivity index (χ3n) is 3.63. The molecule has 12 heteroatoms. The van der Waals surface area contributed by atoms with E-state index in [4.69, 9.17) is 0 Å². The minimum atomic E-state index is -2.92. The number of nitrogens with one attached hydrogen (secondary N) is 2. The molecule has 0 amide bonds. The van der Waals surface area contributed by atoms with E-state index in [2.05, 4.69) is 25.3 Å². The summed E-state index contributed by atoms with van der Waals surface area (Å²) in [5.74, 6) is 0.397. The summed E-state index contributed by atoms with van der Waals surface area (Å²) in [5, 5.41) is 16.1. The number of aliphatic hydroxyl groups excluding tert-OH is 1. The van der Waals surface area contributed by atoms with E-state index in [1.54, 1.807) is 0 Å². The fraction of sp³-hybridized carbons (Fsp3) is 0.412. The van der Waals surface area contributed by atoms with E-state index in [0.717, 1.165) is 0 Å². The van der Waals surface area contributed by atoms with Gasteiger partial charge in [-0.3, -0.25) is 4.57 Å². The van der Waals surface area contributed by atoms with E-state index >= 15 is 0 Å². The molecule has 1 unspecified atom stereocenters. The molecule has 0 spiro atoms. The van der Waals surface area contributed by atoms with Crippen molar-refractivity contribution in [3.8, 4) is 5.75 Å². The van der Waals surface area contributed by atoms with Crippen LogP contribution in [0.5, 0.6) is 5.75 Å². The summed E-state index contributed by atoms with van der Waals surface area (Å²) in [6.07, 6.45) is 1.48. The van der Waals surface area contributed by atoms with E-state index in [0.29, 0.717) is 22.6 Å². The molecular formula is C17H22F4IN5O2. The molecule has 0 radical (unpaired) electrons. The van der Waals surface area contributed by atoms with E-state index < -0.39 is 19.3 Å². The number of aliphatic imine (C=N–C) groups is 1. The van der Waals surface area contributed by atoms with Crippen LogP contribution in [0.1, 0.15) is 31.0 Å². The summed E-state index contributed by atoms with van der Waals surface area (Å²) in [7, 11) is 0. The Hall–Kier alpha value is -2.09. The zero-order valence-corrected chi connectivity index (χ0v) is 17.8. The fourth-order valence-electron chi connectivity index (χ4n) is 2.32. The molecule has 162 valence electrons. The summed E-state index contributed by atoms with van der Waals surface area (Å²) in [5.41, 5.74) is 0.484. The SMILES string of the molecule is CCNC(=NCc1nccn1C(F)F)NCC(O)c1ccc(OC(F)F)cc1.I. The van der Waals surface area contributed by atoms with Crippen LogP contribution in [0.25, 0.3) is 0 Å². The van der Waals surface area contributed by atoms with Crippen LogP contribution in [0.4, 0.5) is 17.6 Å². The van der Waals surface area contributed by atoms with Gasteiger partial charge in [0.05, 0.1) is 6.10 Å². The second kappa shape index (κ2) is 12.5. The zero-order valence-electron chi connectivity index (χ0n) is 15.4. The molecule has 7 nitrogen and oxygen atoms in total. The van der Waals surface area contributed by atoms with Gasteiger partial charge in [0, 0.05) is 25.5 Å². The van der Waals surface area contributed by atoms with E-state index in [-0.39, 0.29) is 48.6 Å². The lowest BCUT2D eigenvalue weighted by Gasteiger charge is -2.16. The van der Waals surface area contributed by atoms with Gasteiger partial charge < -0.3 is 20.5 Å². The number of nitrogens with zero attached hydrogens (tertiary/aromatic N) is 3. The third kappa shape index (κ3) is 8.04. The van der Waals surface area contributed by atoms with Crippen molar-refractivity contribution in [3.05, 3.63) is 48.0 Å². The highest BCUT2D eigenvalue weighted by Crippen LogP contribution is 2.19. The van der Waals surface area contributed by atoms with Crippen molar-refractivity contribution in [3.63, 3.8) is 0 Å². The van der Waals surface area contributed by atoms with Crippen LogP contribution >= 0.6 is 24.0 Å². The predicted octanol–water partition coefficient (Wildman–Crippen LogP) is 3.29. The van der Waals surface area contributed by atoms with Crippen LogP contribution in [0.15, 0.2) is 41.7 Å². The number of halogens is 5. The lowest BCUT2D eigenvalue weighted by Crippen LogP contribution is -2.39. The number of benzene rings is 1. The first-order chi connectivity index (χ1) is 13.4. The Balaban J connectivity index is 0.00000420. The quantitative estimate of drug-likeness (QED) is 0.200. The molecular weight excluding hydrogens is 509 g/mol. The van der Waals surface area contributed by atoms with Crippen LogP contribution in [0, 0.1) is 0 Å². The van der Waals surface area contributed by atoms with Gasteiger partial charge in [0.15, 0.2) is 5.96 Å². The standard InChI is InChI=1S/C17H21F4N5O2.HI/c1-2-22-17(25-10-14-23-7-8-26(14)15(18)19)24-9-13(27)11-3-5-12(6-4-11)28-16(20)21;/h3-8,13,15-16,27H,2,9-10H2,1H3,(H2,22,24,25);1H. The maximum atomic E-state index is 12.8. The van der Waals surface area contributed by atoms with Gasteiger partial charge in [0.1, 0.15) is 18.1 Å². The summed E-state index contributed by atoms with van der Waals surface area (Å²) >= 11 is 0. The molecule has 3 N–H and O–H groups in total. The first-order valence-electron chi connectivity index (χ1n) is 8.45. The normalized spacial score (nSPS) is 12.6. The Morgan fingerprint density at radius 2 is 1.90 bits per heavy atom. The van der Waals surface area contributed by atoms with Crippen LogP contribution < -0.4 is 15.4 Å². The summed E-state index contributed by atoms with van der Waals surface area (Å²) in [6, 6.07) is 5.59. The fourth-order valence-corrected chi connectivity index (χ4v) is 2.32. The number of guanidine groups is 1. The van der Waals surface area contributed by atoms with Crippen molar-refractivity contribution in [2.24, 2.45) is 4.99 Å². The molecule has 2 rings (SSSR count). The molecule has 1 aromatic heterocycles. The lowest BCUT2D eigenvalue weighted by atomic mass is 10.1. The van der Waals surface area contributed by atoms with Gasteiger partial charge in [-0.2, -0.15) is 17.6 Å². The van der Waals surface area contributed by atoms with Crippen LogP contribution in [0.2, 0.25) is 0 Å². The van der Waals surface area contributed by atoms with Crippen molar-refractivity contribution in [2.45, 2.75) is 32.7 Å². The van der Waals surface area contributed by atoms with Gasteiger partial charge in [-0.15, -0.1) is 24.0 Å². The van der Waals surface area contributed by atoms with Gasteiger partial charge in [0.2, 0.25) is 0 Å². The third-order valence-corrected chi connectivity index (χ3v) is 3.63. The number of aromatic nitrogens is 2. The van der Waals surface area contributed by atoms with Gasteiger partial charge in [0.25, 0.3) is 0 Å². The van der Waals surface area contributed by atoms with Crippen LogP contribution in [-0.2, 0) is 6.54 Å². The molecule has 0 bridgehead atoms. The lowest BCUT2D eigenvalue weighted by molar-refractivity contribution is -0.0498. The van der Waals surface area contributed by atoms with Crippen molar-refractivity contribution in [1.29, 1.82) is 0 Å². The minimum absolute atomic E-state index is 0. The number of hydrogen-bond acceptors (Lipinski definition) is 4. The highest BCUT2D eigenvalue weighted by atomic mass is 127. The Morgan fingerprint density at radius 1 is 1.21 bits per heavy atom. The first kappa shape index (κ1) is 24.9. The Bertz CT molecular complexity index is 759. The van der Waals surface area contributed by atoms with E-state index in [1.807, 2.05) is 6.92 Å². The van der Waals surface area contributed by atoms with Gasteiger partial charge in [-0.05, 0) is 24.6 Å². The van der Waals surface area contributed by atoms with E-state index in [1.165, 1.54) is 36.7 Å². The van der Waals surface area contributed by atoms with Crippen LogP contribution in [-0.4, -0.2) is 40.3 Å². The molecule has 0 saturated carbocycles. The van der Waals surface area contributed by atoms with Crippen molar-refractivity contribution < 1.29 is 27.4 Å². The Kier molecular flexibility index (Phi) is 10.7. The number of aliphatic hydroxyl groups is 1. The summed E-state index contributed by atoms with van der Waals surface area (Å²) in [4.78, 5) is 8.02. The van der Waals surface area contributed by atoms with Gasteiger partial charge >= 0.3 is 13.2 Å². The number of imidazole rings is 1. The van der Waals surface area contributed by atoms with Crippen molar-refractivity contribution in [2.75, 3.05) is 13.1 Å². The Morgan fingerprint density at radius 3 is 2.48 bits per heavy atom. The van der Waals surface area contributed by atoms with E-state index in [9.17, 15) is 22.7 Å². The molecule has 0 aliphatic heterocycles. The molecule has 1 atom stereocenters. The molecule has 1 heterocycles. The first-order valence-corrected chi connectivity index (χ1v) is 8.45. The van der Waals surface area contributed by atoms with Crippen LogP contribution in [0.3, 0.4) is 0 Å². The number of alkyl halides is 4. The van der Waals surface area contributed by atoms with Gasteiger partial charge in [-0.1, -0.05) is 12.1 Å². The number of hydrogen-bond donors (Lipinski definition) is 3. The molecule has 0 aliphatic carbocycles. The monoisotopic (exact) mass is 531 g/mol. The van der Waals surface area contributed by atoms with Crippen molar-refractivity contribution >= 4 is 29.9 Å². The number of rotatable bonds is 9. The second-order valence-electron chi connectivity index (χ2n) is 5.57. The number of ether oxygens (including phenoxy) is 1. The summed E-state index contributed by atoms with van der Waals surface area (Å²) < 4.78 is 54.9. The average molecular weight is 531 g/mol. The zero-order chi connectivity index (χ0) is 20.5.